The van der Waals surface area contributed by atoms with E-state index in [0.717, 1.165) is 18.7 Å². The zero-order valence-electron chi connectivity index (χ0n) is 9.74. The van der Waals surface area contributed by atoms with Gasteiger partial charge in [-0.2, -0.15) is 0 Å². The molecule has 0 atom stereocenters. The summed E-state index contributed by atoms with van der Waals surface area (Å²) in [6.45, 7) is 0.920. The van der Waals surface area contributed by atoms with E-state index in [0.29, 0.717) is 11.1 Å². The van der Waals surface area contributed by atoms with Gasteiger partial charge in [-0.05, 0) is 42.3 Å². The Morgan fingerprint density at radius 2 is 1.78 bits per heavy atom. The van der Waals surface area contributed by atoms with Gasteiger partial charge in [0, 0.05) is 23.4 Å². The van der Waals surface area contributed by atoms with Crippen LogP contribution in [-0.4, -0.2) is 12.3 Å². The van der Waals surface area contributed by atoms with Crippen LogP contribution in [0.2, 0.25) is 0 Å². The summed E-state index contributed by atoms with van der Waals surface area (Å²) in [5.41, 5.74) is 3.41. The van der Waals surface area contributed by atoms with Crippen molar-refractivity contribution in [2.24, 2.45) is 0 Å². The van der Waals surface area contributed by atoms with Crippen molar-refractivity contribution in [1.82, 2.24) is 0 Å². The van der Waals surface area contributed by atoms with Crippen molar-refractivity contribution in [2.75, 3.05) is 11.9 Å². The summed E-state index contributed by atoms with van der Waals surface area (Å²) in [4.78, 5) is 12.2. The van der Waals surface area contributed by atoms with Crippen molar-refractivity contribution in [2.45, 2.75) is 6.42 Å². The minimum atomic E-state index is -0.331. The Labute approximate surface area is 104 Å². The molecule has 0 aromatic heterocycles. The molecule has 0 bridgehead atoms. The molecule has 0 aliphatic carbocycles. The maximum Gasteiger partial charge on any atom is 0.193 e. The van der Waals surface area contributed by atoms with E-state index in [9.17, 15) is 9.18 Å². The first kappa shape index (κ1) is 11.0. The van der Waals surface area contributed by atoms with E-state index < -0.39 is 0 Å². The van der Waals surface area contributed by atoms with E-state index >= 15 is 0 Å². The lowest BCUT2D eigenvalue weighted by Gasteiger charge is -2.04. The molecule has 1 N–H and O–H groups in total. The molecule has 0 unspecified atom stereocenters. The molecule has 0 amide bonds. The lowest BCUT2D eigenvalue weighted by Crippen LogP contribution is -2.02. The van der Waals surface area contributed by atoms with Gasteiger partial charge in [-0.15, -0.1) is 0 Å². The van der Waals surface area contributed by atoms with E-state index in [1.54, 1.807) is 0 Å². The quantitative estimate of drug-likeness (QED) is 0.819. The van der Waals surface area contributed by atoms with Crippen LogP contribution < -0.4 is 5.32 Å². The van der Waals surface area contributed by atoms with Crippen molar-refractivity contribution in [3.05, 3.63) is 65.0 Å². The first-order chi connectivity index (χ1) is 8.74. The second kappa shape index (κ2) is 4.26. The Bertz CT molecular complexity index is 604. The number of benzene rings is 2. The highest BCUT2D eigenvalue weighted by Gasteiger charge is 2.14. The lowest BCUT2D eigenvalue weighted by atomic mass is 10.0. The Morgan fingerprint density at radius 1 is 1.06 bits per heavy atom. The molecule has 90 valence electrons. The van der Waals surface area contributed by atoms with Gasteiger partial charge in [0.1, 0.15) is 5.82 Å². The molecular weight excluding hydrogens is 229 g/mol. The highest BCUT2D eigenvalue weighted by molar-refractivity contribution is 6.09. The summed E-state index contributed by atoms with van der Waals surface area (Å²) >= 11 is 0. The molecule has 1 aliphatic heterocycles. The third-order valence-corrected chi connectivity index (χ3v) is 3.19. The number of ketones is 1. The predicted octanol–water partition coefficient (Wildman–Crippen LogP) is 3.02. The van der Waals surface area contributed by atoms with Crippen LogP contribution in [0, 0.1) is 5.82 Å². The Balaban J connectivity index is 1.95. The van der Waals surface area contributed by atoms with E-state index in [2.05, 4.69) is 5.32 Å². The topological polar surface area (TPSA) is 29.1 Å². The van der Waals surface area contributed by atoms with E-state index in [-0.39, 0.29) is 11.6 Å². The van der Waals surface area contributed by atoms with Crippen LogP contribution in [0.4, 0.5) is 10.1 Å². The summed E-state index contributed by atoms with van der Waals surface area (Å²) in [6.07, 6.45) is 1.00. The molecule has 1 heterocycles. The van der Waals surface area contributed by atoms with Crippen molar-refractivity contribution in [1.29, 1.82) is 0 Å². The minimum absolute atomic E-state index is 0.0773. The number of carbonyl (C=O) groups is 1. The number of carbonyl (C=O) groups excluding carboxylic acids is 1. The highest BCUT2D eigenvalue weighted by Crippen LogP contribution is 2.24. The zero-order valence-corrected chi connectivity index (χ0v) is 9.74. The molecule has 2 aromatic carbocycles. The van der Waals surface area contributed by atoms with Gasteiger partial charge in [-0.25, -0.2) is 4.39 Å². The van der Waals surface area contributed by atoms with Gasteiger partial charge < -0.3 is 5.32 Å². The van der Waals surface area contributed by atoms with Gasteiger partial charge in [-0.1, -0.05) is 12.1 Å². The molecule has 18 heavy (non-hydrogen) atoms. The third-order valence-electron chi connectivity index (χ3n) is 3.19. The van der Waals surface area contributed by atoms with E-state index in [1.807, 2.05) is 18.2 Å². The molecular formula is C15H12FNO. The summed E-state index contributed by atoms with van der Waals surface area (Å²) in [7, 11) is 0. The maximum atomic E-state index is 12.8. The van der Waals surface area contributed by atoms with E-state index in [1.165, 1.54) is 29.8 Å². The van der Waals surface area contributed by atoms with Crippen LogP contribution in [0.15, 0.2) is 42.5 Å². The van der Waals surface area contributed by atoms with E-state index in [4.69, 9.17) is 0 Å². The number of halogens is 1. The van der Waals surface area contributed by atoms with Crippen molar-refractivity contribution in [3.63, 3.8) is 0 Å². The second-order valence-electron chi connectivity index (χ2n) is 4.38. The lowest BCUT2D eigenvalue weighted by molar-refractivity contribution is 0.103. The first-order valence-corrected chi connectivity index (χ1v) is 5.91. The summed E-state index contributed by atoms with van der Waals surface area (Å²) in [5.74, 6) is -0.409. The molecule has 0 saturated heterocycles. The average Bonchev–Trinajstić information content (AvgIpc) is 2.86. The largest absolute Gasteiger partial charge is 0.384 e. The molecule has 3 rings (SSSR count). The van der Waals surface area contributed by atoms with Gasteiger partial charge in [0.25, 0.3) is 0 Å². The fraction of sp³-hybridized carbons (Fsp3) is 0.133. The molecule has 0 radical (unpaired) electrons. The number of hydrogen-bond donors (Lipinski definition) is 1. The number of anilines is 1. The van der Waals surface area contributed by atoms with Crippen molar-refractivity contribution >= 4 is 11.5 Å². The predicted molar refractivity (Wildman–Crippen MR) is 68.5 cm³/mol. The number of rotatable bonds is 2. The normalized spacial score (nSPS) is 12.9. The Morgan fingerprint density at radius 3 is 2.56 bits per heavy atom. The SMILES string of the molecule is O=C(c1ccc(F)cc1)c1ccc2c(c1)NCC2. The summed E-state index contributed by atoms with van der Waals surface area (Å²) in [5, 5.41) is 3.24. The van der Waals surface area contributed by atoms with Crippen molar-refractivity contribution < 1.29 is 9.18 Å². The van der Waals surface area contributed by atoms with Crippen LogP contribution in [0.3, 0.4) is 0 Å². The van der Waals surface area contributed by atoms with Gasteiger partial charge >= 0.3 is 0 Å². The number of nitrogens with one attached hydrogen (secondary N) is 1. The molecule has 3 heteroatoms. The average molecular weight is 241 g/mol. The molecule has 0 fully saturated rings. The van der Waals surface area contributed by atoms with Crippen LogP contribution in [0.1, 0.15) is 21.5 Å². The second-order valence-corrected chi connectivity index (χ2v) is 4.38. The first-order valence-electron chi connectivity index (χ1n) is 5.91. The standard InChI is InChI=1S/C15H12FNO/c16-13-5-3-11(4-6-13)15(18)12-2-1-10-7-8-17-14(10)9-12/h1-6,9,17H,7-8H2. The smallest absolute Gasteiger partial charge is 0.193 e. The third kappa shape index (κ3) is 1.88. The monoisotopic (exact) mass is 241 g/mol. The molecule has 2 aromatic rings. The van der Waals surface area contributed by atoms with Crippen LogP contribution in [-0.2, 0) is 6.42 Å². The van der Waals surface area contributed by atoms with Gasteiger partial charge in [0.2, 0.25) is 0 Å². The van der Waals surface area contributed by atoms with Crippen molar-refractivity contribution in [3.8, 4) is 0 Å². The maximum absolute atomic E-state index is 12.8. The minimum Gasteiger partial charge on any atom is -0.384 e. The van der Waals surface area contributed by atoms with Crippen LogP contribution in [0.5, 0.6) is 0 Å². The molecule has 0 spiro atoms. The summed E-state index contributed by atoms with van der Waals surface area (Å²) < 4.78 is 12.8. The fourth-order valence-electron chi connectivity index (χ4n) is 2.20. The fourth-order valence-corrected chi connectivity index (χ4v) is 2.20. The Kier molecular flexibility index (Phi) is 2.59. The zero-order chi connectivity index (χ0) is 12.5. The number of hydrogen-bond acceptors (Lipinski definition) is 2. The summed E-state index contributed by atoms with van der Waals surface area (Å²) in [6, 6.07) is 11.3. The van der Waals surface area contributed by atoms with Crippen LogP contribution >= 0.6 is 0 Å². The van der Waals surface area contributed by atoms with Gasteiger partial charge in [0.15, 0.2) is 5.78 Å². The molecule has 1 aliphatic rings. The number of fused-ring (bicyclic) bond motifs is 1. The molecule has 0 saturated carbocycles. The highest BCUT2D eigenvalue weighted by atomic mass is 19.1. The molecule has 2 nitrogen and oxygen atoms in total. The van der Waals surface area contributed by atoms with Gasteiger partial charge in [-0.3, -0.25) is 4.79 Å². The van der Waals surface area contributed by atoms with Crippen LogP contribution in [0.25, 0.3) is 0 Å². The Hall–Kier alpha value is -2.16. The van der Waals surface area contributed by atoms with Gasteiger partial charge in [0.05, 0.1) is 0 Å².